The zero-order chi connectivity index (χ0) is 21.5. The van der Waals surface area contributed by atoms with Crippen LogP contribution in [0.3, 0.4) is 0 Å². The van der Waals surface area contributed by atoms with E-state index >= 15 is 0 Å². The van der Waals surface area contributed by atoms with Crippen LogP contribution in [0.4, 0.5) is 0 Å². The number of hydrogen-bond acceptors (Lipinski definition) is 4. The van der Waals surface area contributed by atoms with E-state index in [1.807, 2.05) is 4.90 Å². The van der Waals surface area contributed by atoms with E-state index in [0.29, 0.717) is 37.0 Å². The number of nitrogens with one attached hydrogen (secondary N) is 1. The van der Waals surface area contributed by atoms with Crippen molar-refractivity contribution in [1.82, 2.24) is 18.8 Å². The number of carbonyl (C=O) groups is 1. The standard InChI is InChI=1S/C21H30N4O4S/c1-23-18-9-8-17(14-19(18)24(2)21(23)27)30(28,29)22-16-10-12-25(13-11-16)20(26)15-6-4-3-5-7-15/h8-9,14-16,22H,3-7,10-13H2,1-2H3. The Morgan fingerprint density at radius 3 is 2.27 bits per heavy atom. The number of hydrogen-bond donors (Lipinski definition) is 1. The number of carbonyl (C=O) groups excluding carboxylic acids is 1. The van der Waals surface area contributed by atoms with E-state index in [1.165, 1.54) is 21.6 Å². The molecule has 1 aliphatic carbocycles. The number of imidazole rings is 1. The molecule has 0 bridgehead atoms. The van der Waals surface area contributed by atoms with Crippen molar-refractivity contribution in [1.29, 1.82) is 0 Å². The Hall–Kier alpha value is -2.13. The number of amides is 1. The number of aryl methyl sites for hydroxylation is 2. The summed E-state index contributed by atoms with van der Waals surface area (Å²) < 4.78 is 31.6. The van der Waals surface area contributed by atoms with E-state index in [-0.39, 0.29) is 28.5 Å². The molecule has 4 rings (SSSR count). The molecule has 2 aromatic rings. The SMILES string of the molecule is Cn1c(=O)n(C)c2cc(S(=O)(=O)NC3CCN(C(=O)C4CCCCC4)CC3)ccc21. The third-order valence-corrected chi connectivity index (χ3v) is 8.15. The fourth-order valence-corrected chi connectivity index (χ4v) is 6.09. The first-order valence-corrected chi connectivity index (χ1v) is 12.2. The van der Waals surface area contributed by atoms with Gasteiger partial charge in [-0.2, -0.15) is 0 Å². The lowest BCUT2D eigenvalue weighted by Gasteiger charge is -2.35. The molecule has 2 fully saturated rings. The van der Waals surface area contributed by atoms with Gasteiger partial charge in [0, 0.05) is 39.1 Å². The van der Waals surface area contributed by atoms with Crippen LogP contribution >= 0.6 is 0 Å². The molecular weight excluding hydrogens is 404 g/mol. The van der Waals surface area contributed by atoms with Crippen molar-refractivity contribution in [2.45, 2.75) is 55.9 Å². The van der Waals surface area contributed by atoms with Crippen molar-refractivity contribution in [3.05, 3.63) is 28.7 Å². The number of fused-ring (bicyclic) bond motifs is 1. The van der Waals surface area contributed by atoms with Gasteiger partial charge < -0.3 is 4.90 Å². The highest BCUT2D eigenvalue weighted by Crippen LogP contribution is 2.27. The van der Waals surface area contributed by atoms with Crippen LogP contribution in [-0.4, -0.2) is 47.5 Å². The molecule has 0 unspecified atom stereocenters. The third-order valence-electron chi connectivity index (χ3n) is 6.64. The first kappa shape index (κ1) is 21.1. The van der Waals surface area contributed by atoms with Gasteiger partial charge in [-0.25, -0.2) is 17.9 Å². The second kappa shape index (κ2) is 8.19. The van der Waals surface area contributed by atoms with Gasteiger partial charge in [0.15, 0.2) is 0 Å². The second-order valence-corrected chi connectivity index (χ2v) is 10.3. The fraction of sp³-hybridized carbons (Fsp3) is 0.619. The number of aromatic nitrogens is 2. The zero-order valence-corrected chi connectivity index (χ0v) is 18.5. The van der Waals surface area contributed by atoms with Crippen molar-refractivity contribution in [3.8, 4) is 0 Å². The van der Waals surface area contributed by atoms with Crippen molar-refractivity contribution in [2.24, 2.45) is 20.0 Å². The summed E-state index contributed by atoms with van der Waals surface area (Å²) in [4.78, 5) is 26.9. The van der Waals surface area contributed by atoms with E-state index in [2.05, 4.69) is 4.72 Å². The number of benzene rings is 1. The Morgan fingerprint density at radius 1 is 0.967 bits per heavy atom. The molecule has 1 aromatic carbocycles. The summed E-state index contributed by atoms with van der Waals surface area (Å²) in [6.07, 6.45) is 6.67. The Kier molecular flexibility index (Phi) is 5.76. The molecule has 30 heavy (non-hydrogen) atoms. The van der Waals surface area contributed by atoms with Gasteiger partial charge in [-0.1, -0.05) is 19.3 Å². The van der Waals surface area contributed by atoms with Gasteiger partial charge in [0.2, 0.25) is 15.9 Å². The van der Waals surface area contributed by atoms with Crippen LogP contribution in [0.1, 0.15) is 44.9 Å². The molecule has 0 atom stereocenters. The predicted octanol–water partition coefficient (Wildman–Crippen LogP) is 1.73. The highest BCUT2D eigenvalue weighted by molar-refractivity contribution is 7.89. The maximum absolute atomic E-state index is 12.9. The van der Waals surface area contributed by atoms with Gasteiger partial charge in [-0.3, -0.25) is 13.9 Å². The molecule has 2 aliphatic rings. The van der Waals surface area contributed by atoms with Gasteiger partial charge in [0.1, 0.15) is 0 Å². The highest BCUT2D eigenvalue weighted by atomic mass is 32.2. The van der Waals surface area contributed by atoms with E-state index in [0.717, 1.165) is 25.7 Å². The summed E-state index contributed by atoms with van der Waals surface area (Å²) >= 11 is 0. The summed E-state index contributed by atoms with van der Waals surface area (Å²) in [6.45, 7) is 1.18. The number of rotatable bonds is 4. The number of sulfonamides is 1. The molecule has 1 saturated heterocycles. The minimum absolute atomic E-state index is 0.149. The lowest BCUT2D eigenvalue weighted by atomic mass is 9.87. The zero-order valence-electron chi connectivity index (χ0n) is 17.6. The number of piperidine rings is 1. The van der Waals surface area contributed by atoms with E-state index in [4.69, 9.17) is 0 Å². The molecule has 8 nitrogen and oxygen atoms in total. The van der Waals surface area contributed by atoms with Crippen LogP contribution in [0.2, 0.25) is 0 Å². The molecule has 1 amide bonds. The molecular formula is C21H30N4O4S. The van der Waals surface area contributed by atoms with Crippen LogP contribution in [0.5, 0.6) is 0 Å². The summed E-state index contributed by atoms with van der Waals surface area (Å²) in [7, 11) is -0.409. The van der Waals surface area contributed by atoms with Crippen molar-refractivity contribution in [2.75, 3.05) is 13.1 Å². The maximum atomic E-state index is 12.9. The lowest BCUT2D eigenvalue weighted by molar-refractivity contribution is -0.137. The fourth-order valence-electron chi connectivity index (χ4n) is 4.77. The van der Waals surface area contributed by atoms with Crippen molar-refractivity contribution in [3.63, 3.8) is 0 Å². The predicted molar refractivity (Wildman–Crippen MR) is 115 cm³/mol. The molecule has 2 heterocycles. The largest absolute Gasteiger partial charge is 0.342 e. The Morgan fingerprint density at radius 2 is 1.60 bits per heavy atom. The monoisotopic (exact) mass is 434 g/mol. The van der Waals surface area contributed by atoms with E-state index < -0.39 is 10.0 Å². The van der Waals surface area contributed by atoms with Gasteiger partial charge in [-0.15, -0.1) is 0 Å². The Bertz CT molecular complexity index is 1100. The average molecular weight is 435 g/mol. The Balaban J connectivity index is 1.42. The molecule has 1 saturated carbocycles. The molecule has 164 valence electrons. The smallest absolute Gasteiger partial charge is 0.328 e. The van der Waals surface area contributed by atoms with Gasteiger partial charge >= 0.3 is 5.69 Å². The van der Waals surface area contributed by atoms with Crippen LogP contribution in [0.15, 0.2) is 27.9 Å². The van der Waals surface area contributed by atoms with Gasteiger partial charge in [0.05, 0.1) is 15.9 Å². The van der Waals surface area contributed by atoms with Crippen LogP contribution in [-0.2, 0) is 28.9 Å². The average Bonchev–Trinajstić information content (AvgIpc) is 2.98. The summed E-state index contributed by atoms with van der Waals surface area (Å²) in [5.74, 6) is 0.391. The number of nitrogens with zero attached hydrogens (tertiary/aromatic N) is 3. The first-order chi connectivity index (χ1) is 14.3. The molecule has 1 N–H and O–H groups in total. The third kappa shape index (κ3) is 3.92. The maximum Gasteiger partial charge on any atom is 0.328 e. The first-order valence-electron chi connectivity index (χ1n) is 10.7. The van der Waals surface area contributed by atoms with Crippen molar-refractivity contribution < 1.29 is 13.2 Å². The minimum atomic E-state index is -3.71. The summed E-state index contributed by atoms with van der Waals surface area (Å²) in [5, 5.41) is 0. The molecule has 0 spiro atoms. The van der Waals surface area contributed by atoms with Crippen LogP contribution in [0.25, 0.3) is 11.0 Å². The summed E-state index contributed by atoms with van der Waals surface area (Å²) in [6, 6.07) is 4.55. The van der Waals surface area contributed by atoms with Gasteiger partial charge in [-0.05, 0) is 43.9 Å². The van der Waals surface area contributed by atoms with E-state index in [1.54, 1.807) is 26.2 Å². The highest BCUT2D eigenvalue weighted by Gasteiger charge is 2.31. The molecule has 9 heteroatoms. The topological polar surface area (TPSA) is 93.4 Å². The Labute approximate surface area is 176 Å². The quantitative estimate of drug-likeness (QED) is 0.793. The molecule has 1 aromatic heterocycles. The van der Waals surface area contributed by atoms with Gasteiger partial charge in [0.25, 0.3) is 0 Å². The van der Waals surface area contributed by atoms with E-state index in [9.17, 15) is 18.0 Å². The van der Waals surface area contributed by atoms with Crippen LogP contribution in [0, 0.1) is 5.92 Å². The normalized spacial score (nSPS) is 19.5. The molecule has 0 radical (unpaired) electrons. The number of likely N-dealkylation sites (tertiary alicyclic amines) is 1. The van der Waals surface area contributed by atoms with Crippen LogP contribution < -0.4 is 10.4 Å². The van der Waals surface area contributed by atoms with Crippen molar-refractivity contribution >= 4 is 27.0 Å². The molecule has 1 aliphatic heterocycles. The lowest BCUT2D eigenvalue weighted by Crippen LogP contribution is -2.48. The minimum Gasteiger partial charge on any atom is -0.342 e. The second-order valence-electron chi connectivity index (χ2n) is 8.61. The summed E-state index contributed by atoms with van der Waals surface area (Å²) in [5.41, 5.74) is 1.08.